The van der Waals surface area contributed by atoms with Gasteiger partial charge in [0.1, 0.15) is 12.8 Å². The minimum atomic E-state index is -0.584. The van der Waals surface area contributed by atoms with Crippen LogP contribution in [0.3, 0.4) is 0 Å². The molecule has 10 heteroatoms. The zero-order valence-corrected chi connectivity index (χ0v) is 14.4. The van der Waals surface area contributed by atoms with Crippen LogP contribution in [0.2, 0.25) is 0 Å². The van der Waals surface area contributed by atoms with E-state index in [0.717, 1.165) is 10.2 Å². The summed E-state index contributed by atoms with van der Waals surface area (Å²) >= 11 is 3.38. The molecule has 0 N–H and O–H groups in total. The molecule has 25 heavy (non-hydrogen) atoms. The van der Waals surface area contributed by atoms with E-state index in [1.165, 1.54) is 23.3 Å². The Kier molecular flexibility index (Phi) is 4.89. The van der Waals surface area contributed by atoms with E-state index in [1.807, 2.05) is 24.3 Å². The van der Waals surface area contributed by atoms with Crippen LogP contribution in [0.1, 0.15) is 10.4 Å². The second-order valence-electron chi connectivity index (χ2n) is 5.02. The highest BCUT2D eigenvalue weighted by molar-refractivity contribution is 9.10. The average molecular weight is 406 g/mol. The summed E-state index contributed by atoms with van der Waals surface area (Å²) in [6.45, 7) is 0.334. The van der Waals surface area contributed by atoms with E-state index in [9.17, 15) is 14.9 Å². The van der Waals surface area contributed by atoms with Gasteiger partial charge in [0, 0.05) is 10.7 Å². The number of benzene rings is 1. The molecule has 1 aromatic carbocycles. The molecule has 2 aromatic heterocycles. The van der Waals surface area contributed by atoms with Gasteiger partial charge in [0.2, 0.25) is 6.33 Å². The Bertz CT molecular complexity index is 920. The Morgan fingerprint density at radius 3 is 2.92 bits per heavy atom. The van der Waals surface area contributed by atoms with E-state index in [0.29, 0.717) is 5.56 Å². The number of rotatable bonds is 6. The Hall–Kier alpha value is -3.01. The number of esters is 1. The summed E-state index contributed by atoms with van der Waals surface area (Å²) in [5, 5.41) is 14.7. The maximum atomic E-state index is 12.0. The smallest absolute Gasteiger partial charge is 0.381 e. The number of ether oxygens (including phenoxy) is 1. The molecule has 0 atom stereocenters. The van der Waals surface area contributed by atoms with Gasteiger partial charge in [-0.15, -0.1) is 0 Å². The number of hydrogen-bond donors (Lipinski definition) is 0. The molecule has 0 saturated carbocycles. The number of aromatic nitrogens is 4. The van der Waals surface area contributed by atoms with Crippen molar-refractivity contribution >= 4 is 27.7 Å². The van der Waals surface area contributed by atoms with Crippen LogP contribution >= 0.6 is 15.9 Å². The maximum Gasteiger partial charge on any atom is 0.381 e. The van der Waals surface area contributed by atoms with Crippen LogP contribution in [0.25, 0.3) is 5.69 Å². The molecule has 0 fully saturated rings. The molecule has 0 amide bonds. The molecule has 0 aliphatic carbocycles. The third-order valence-corrected chi connectivity index (χ3v) is 3.77. The lowest BCUT2D eigenvalue weighted by Gasteiger charge is -2.03. The van der Waals surface area contributed by atoms with Crippen molar-refractivity contribution in [1.82, 2.24) is 19.3 Å². The molecule has 2 heterocycles. The quantitative estimate of drug-likeness (QED) is 0.354. The van der Waals surface area contributed by atoms with Crippen molar-refractivity contribution in [3.63, 3.8) is 0 Å². The first-order chi connectivity index (χ1) is 12.0. The average Bonchev–Trinajstić information content (AvgIpc) is 3.24. The van der Waals surface area contributed by atoms with E-state index in [1.54, 1.807) is 10.9 Å². The molecule has 3 rings (SSSR count). The van der Waals surface area contributed by atoms with Gasteiger partial charge in [-0.3, -0.25) is 0 Å². The van der Waals surface area contributed by atoms with Crippen molar-refractivity contribution in [2.75, 3.05) is 6.61 Å². The monoisotopic (exact) mass is 405 g/mol. The lowest BCUT2D eigenvalue weighted by Crippen LogP contribution is -2.10. The van der Waals surface area contributed by atoms with Gasteiger partial charge < -0.3 is 19.4 Å². The summed E-state index contributed by atoms with van der Waals surface area (Å²) in [5.41, 5.74) is 1.12. The molecule has 128 valence electrons. The first-order valence-corrected chi connectivity index (χ1v) is 7.96. The molecule has 0 aliphatic rings. The first-order valence-electron chi connectivity index (χ1n) is 7.17. The number of imidazole rings is 1. The largest absolute Gasteiger partial charge is 0.460 e. The molecule has 9 nitrogen and oxygen atoms in total. The highest BCUT2D eigenvalue weighted by Crippen LogP contribution is 2.15. The number of nitrogens with zero attached hydrogens (tertiary/aromatic N) is 5. The summed E-state index contributed by atoms with van der Waals surface area (Å²) in [4.78, 5) is 25.6. The van der Waals surface area contributed by atoms with Crippen molar-refractivity contribution in [2.24, 2.45) is 0 Å². The van der Waals surface area contributed by atoms with Crippen LogP contribution < -0.4 is 0 Å². The lowest BCUT2D eigenvalue weighted by atomic mass is 10.3. The summed E-state index contributed by atoms with van der Waals surface area (Å²) in [6, 6.07) is 7.49. The Morgan fingerprint density at radius 1 is 1.36 bits per heavy atom. The number of carbonyl (C=O) groups excluding carboxylic acids is 1. The Morgan fingerprint density at radius 2 is 2.20 bits per heavy atom. The first kappa shape index (κ1) is 16.8. The molecular formula is C15H12BrN5O4. The van der Waals surface area contributed by atoms with E-state index >= 15 is 0 Å². The Balaban J connectivity index is 1.57. The molecule has 3 aromatic rings. The summed E-state index contributed by atoms with van der Waals surface area (Å²) < 4.78 is 9.11. The van der Waals surface area contributed by atoms with E-state index in [4.69, 9.17) is 4.74 Å². The van der Waals surface area contributed by atoms with Gasteiger partial charge >= 0.3 is 11.8 Å². The maximum absolute atomic E-state index is 12.0. The molecule has 0 bridgehead atoms. The number of halogens is 1. The van der Waals surface area contributed by atoms with Gasteiger partial charge in [0.05, 0.1) is 24.0 Å². The van der Waals surface area contributed by atoms with Crippen LogP contribution in [0.5, 0.6) is 0 Å². The van der Waals surface area contributed by atoms with Crippen LogP contribution in [0, 0.1) is 10.1 Å². The van der Waals surface area contributed by atoms with Crippen molar-refractivity contribution in [3.8, 4) is 5.69 Å². The summed E-state index contributed by atoms with van der Waals surface area (Å²) in [7, 11) is 0. The molecular weight excluding hydrogens is 394 g/mol. The summed E-state index contributed by atoms with van der Waals surface area (Å²) in [6.07, 6.45) is 5.59. The topological polar surface area (TPSA) is 105 Å². The third-order valence-electron chi connectivity index (χ3n) is 3.28. The molecule has 0 saturated heterocycles. The van der Waals surface area contributed by atoms with Gasteiger partial charge in [0.25, 0.3) is 0 Å². The molecule has 0 spiro atoms. The van der Waals surface area contributed by atoms with Crippen LogP contribution in [0.15, 0.2) is 53.7 Å². The minimum absolute atomic E-state index is 0.0639. The second kappa shape index (κ2) is 7.26. The number of hydrogen-bond acceptors (Lipinski definition) is 6. The fourth-order valence-corrected chi connectivity index (χ4v) is 2.47. The van der Waals surface area contributed by atoms with Gasteiger partial charge in [0.15, 0.2) is 0 Å². The van der Waals surface area contributed by atoms with Gasteiger partial charge in [-0.25, -0.2) is 9.48 Å². The fraction of sp³-hybridized carbons (Fsp3) is 0.133. The highest BCUT2D eigenvalue weighted by atomic mass is 79.9. The second-order valence-corrected chi connectivity index (χ2v) is 5.93. The number of nitro groups is 1. The van der Waals surface area contributed by atoms with E-state index in [2.05, 4.69) is 26.0 Å². The van der Waals surface area contributed by atoms with Crippen LogP contribution in [-0.4, -0.2) is 36.8 Å². The zero-order chi connectivity index (χ0) is 17.8. The van der Waals surface area contributed by atoms with Crippen molar-refractivity contribution in [2.45, 2.75) is 6.54 Å². The lowest BCUT2D eigenvalue weighted by molar-refractivity contribution is -0.389. The van der Waals surface area contributed by atoms with Crippen molar-refractivity contribution < 1.29 is 14.5 Å². The standard InChI is InChI=1S/C15H12BrN5O4/c16-12-2-1-3-13(6-12)20-8-11(7-18-20)15(22)25-5-4-19-9-14(17-10-19)21(23)24/h1-3,6-10H,4-5H2. The van der Waals surface area contributed by atoms with Crippen LogP contribution in [-0.2, 0) is 11.3 Å². The number of carbonyl (C=O) groups is 1. The highest BCUT2D eigenvalue weighted by Gasteiger charge is 2.13. The summed E-state index contributed by atoms with van der Waals surface area (Å²) in [5.74, 6) is -0.766. The zero-order valence-electron chi connectivity index (χ0n) is 12.8. The minimum Gasteiger partial charge on any atom is -0.460 e. The third kappa shape index (κ3) is 4.10. The van der Waals surface area contributed by atoms with Gasteiger partial charge in [-0.1, -0.05) is 22.0 Å². The van der Waals surface area contributed by atoms with Crippen LogP contribution in [0.4, 0.5) is 5.82 Å². The Labute approximate surface area is 150 Å². The molecule has 0 radical (unpaired) electrons. The van der Waals surface area contributed by atoms with Gasteiger partial charge in [-0.2, -0.15) is 5.10 Å². The van der Waals surface area contributed by atoms with Crippen molar-refractivity contribution in [1.29, 1.82) is 0 Å². The SMILES string of the molecule is O=C(OCCn1cnc([N+](=O)[O-])c1)c1cnn(-c2cccc(Br)c2)c1. The van der Waals surface area contributed by atoms with Gasteiger partial charge in [-0.05, 0) is 28.1 Å². The van der Waals surface area contributed by atoms with Crippen molar-refractivity contribution in [3.05, 3.63) is 69.3 Å². The normalized spacial score (nSPS) is 10.6. The predicted octanol–water partition coefficient (Wildman–Crippen LogP) is 2.60. The fourth-order valence-electron chi connectivity index (χ4n) is 2.08. The van der Waals surface area contributed by atoms with E-state index < -0.39 is 10.9 Å². The molecule has 0 unspecified atom stereocenters. The molecule has 0 aliphatic heterocycles. The van der Waals surface area contributed by atoms with E-state index in [-0.39, 0.29) is 19.0 Å². The predicted molar refractivity (Wildman–Crippen MR) is 90.4 cm³/mol.